The van der Waals surface area contributed by atoms with E-state index in [0.29, 0.717) is 12.3 Å². The molecule has 0 bridgehead atoms. The van der Waals surface area contributed by atoms with Gasteiger partial charge in [-0.05, 0) is 38.1 Å². The summed E-state index contributed by atoms with van der Waals surface area (Å²) in [6.45, 7) is 0.582. The van der Waals surface area contributed by atoms with Crippen molar-refractivity contribution in [2.75, 3.05) is 27.2 Å². The molecule has 21 heavy (non-hydrogen) atoms. The molecule has 0 aliphatic heterocycles. The normalized spacial score (nSPS) is 17.2. The van der Waals surface area contributed by atoms with Crippen LogP contribution in [0, 0.1) is 5.82 Å². The minimum Gasteiger partial charge on any atom is -0.496 e. The number of carbonyl (C=O) groups excluding carboxylic acids is 1. The fraction of sp³-hybridized carbons (Fsp3) is 0.562. The van der Waals surface area contributed by atoms with E-state index < -0.39 is 11.4 Å². The molecule has 1 N–H and O–H groups in total. The molecule has 0 amide bonds. The maximum absolute atomic E-state index is 13.3. The smallest absolute Gasteiger partial charge is 0.180 e. The van der Waals surface area contributed by atoms with E-state index >= 15 is 0 Å². The van der Waals surface area contributed by atoms with Gasteiger partial charge in [0.25, 0.3) is 0 Å². The van der Waals surface area contributed by atoms with Crippen molar-refractivity contribution in [2.24, 2.45) is 0 Å². The van der Waals surface area contributed by atoms with Crippen molar-refractivity contribution >= 4 is 5.78 Å². The Balaban J connectivity index is 2.02. The largest absolute Gasteiger partial charge is 0.496 e. The van der Waals surface area contributed by atoms with E-state index in [2.05, 4.69) is 0 Å². The SMILES string of the molecule is COc1ccc(F)cc1C(=O)CN(C)CC1(O)CCCC1. The van der Waals surface area contributed by atoms with Crippen molar-refractivity contribution in [3.8, 4) is 5.75 Å². The maximum Gasteiger partial charge on any atom is 0.180 e. The lowest BCUT2D eigenvalue weighted by Crippen LogP contribution is -2.41. The van der Waals surface area contributed by atoms with Crippen molar-refractivity contribution in [3.63, 3.8) is 0 Å². The zero-order valence-electron chi connectivity index (χ0n) is 12.6. The minimum absolute atomic E-state index is 0.127. The van der Waals surface area contributed by atoms with Gasteiger partial charge >= 0.3 is 0 Å². The van der Waals surface area contributed by atoms with Crippen LogP contribution in [0.25, 0.3) is 0 Å². The van der Waals surface area contributed by atoms with Crippen LogP contribution in [0.1, 0.15) is 36.0 Å². The molecule has 1 aromatic carbocycles. The Hall–Kier alpha value is -1.46. The van der Waals surface area contributed by atoms with Crippen LogP contribution in [0.4, 0.5) is 4.39 Å². The number of hydrogen-bond acceptors (Lipinski definition) is 4. The molecule has 1 fully saturated rings. The van der Waals surface area contributed by atoms with Crippen LogP contribution < -0.4 is 4.74 Å². The fourth-order valence-electron chi connectivity index (χ4n) is 2.98. The Morgan fingerprint density at radius 1 is 1.43 bits per heavy atom. The van der Waals surface area contributed by atoms with Gasteiger partial charge in [-0.15, -0.1) is 0 Å². The van der Waals surface area contributed by atoms with E-state index in [1.165, 1.54) is 25.3 Å². The molecule has 4 nitrogen and oxygen atoms in total. The van der Waals surface area contributed by atoms with E-state index in [0.717, 1.165) is 25.7 Å². The van der Waals surface area contributed by atoms with Crippen molar-refractivity contribution in [1.82, 2.24) is 4.90 Å². The Labute approximate surface area is 124 Å². The van der Waals surface area contributed by atoms with Crippen LogP contribution in [-0.2, 0) is 0 Å². The summed E-state index contributed by atoms with van der Waals surface area (Å²) in [6, 6.07) is 3.91. The highest BCUT2D eigenvalue weighted by Gasteiger charge is 2.32. The fourth-order valence-corrected chi connectivity index (χ4v) is 2.98. The van der Waals surface area contributed by atoms with Gasteiger partial charge in [0, 0.05) is 6.54 Å². The second-order valence-corrected chi connectivity index (χ2v) is 5.87. The first-order valence-electron chi connectivity index (χ1n) is 7.21. The lowest BCUT2D eigenvalue weighted by Gasteiger charge is -2.28. The van der Waals surface area contributed by atoms with Crippen LogP contribution >= 0.6 is 0 Å². The number of aliphatic hydroxyl groups is 1. The molecule has 1 aromatic rings. The van der Waals surface area contributed by atoms with Crippen LogP contribution in [0.2, 0.25) is 0 Å². The molecule has 0 spiro atoms. The second kappa shape index (κ2) is 6.54. The van der Waals surface area contributed by atoms with E-state index in [1.807, 2.05) is 0 Å². The topological polar surface area (TPSA) is 49.8 Å². The summed E-state index contributed by atoms with van der Waals surface area (Å²) in [7, 11) is 3.24. The number of ketones is 1. The maximum atomic E-state index is 13.3. The summed E-state index contributed by atoms with van der Waals surface area (Å²) in [4.78, 5) is 14.1. The first-order valence-corrected chi connectivity index (χ1v) is 7.21. The van der Waals surface area contributed by atoms with Gasteiger partial charge in [0.1, 0.15) is 11.6 Å². The third kappa shape index (κ3) is 4.02. The highest BCUT2D eigenvalue weighted by Crippen LogP contribution is 2.30. The van der Waals surface area contributed by atoms with Gasteiger partial charge in [-0.3, -0.25) is 9.69 Å². The predicted molar refractivity (Wildman–Crippen MR) is 78.2 cm³/mol. The lowest BCUT2D eigenvalue weighted by molar-refractivity contribution is 0.0172. The number of ether oxygens (including phenoxy) is 1. The Morgan fingerprint density at radius 3 is 2.71 bits per heavy atom. The van der Waals surface area contributed by atoms with Crippen molar-refractivity contribution < 1.29 is 19.0 Å². The molecule has 0 saturated heterocycles. The summed E-state index contributed by atoms with van der Waals surface area (Å²) >= 11 is 0. The summed E-state index contributed by atoms with van der Waals surface area (Å²) in [5, 5.41) is 10.4. The highest BCUT2D eigenvalue weighted by molar-refractivity contribution is 6.00. The number of benzene rings is 1. The molecule has 0 unspecified atom stereocenters. The zero-order chi connectivity index (χ0) is 15.5. The number of nitrogens with zero attached hydrogens (tertiary/aromatic N) is 1. The number of Topliss-reactive ketones (excluding diaryl/α,β-unsaturated/α-hetero) is 1. The number of halogens is 1. The molecule has 0 atom stereocenters. The molecule has 0 radical (unpaired) electrons. The average molecular weight is 295 g/mol. The third-order valence-corrected chi connectivity index (χ3v) is 3.97. The summed E-state index contributed by atoms with van der Waals surface area (Å²) in [5.41, 5.74) is -0.455. The number of hydrogen-bond donors (Lipinski definition) is 1. The Morgan fingerprint density at radius 2 is 2.10 bits per heavy atom. The monoisotopic (exact) mass is 295 g/mol. The second-order valence-electron chi connectivity index (χ2n) is 5.87. The van der Waals surface area contributed by atoms with Crippen molar-refractivity contribution in [3.05, 3.63) is 29.6 Å². The van der Waals surface area contributed by atoms with E-state index in [9.17, 15) is 14.3 Å². The van der Waals surface area contributed by atoms with Gasteiger partial charge < -0.3 is 9.84 Å². The lowest BCUT2D eigenvalue weighted by atomic mass is 10.0. The number of rotatable bonds is 6. The van der Waals surface area contributed by atoms with Crippen LogP contribution in [0.5, 0.6) is 5.75 Å². The molecule has 0 aromatic heterocycles. The summed E-state index contributed by atoms with van der Waals surface area (Å²) in [5.74, 6) is -0.305. The van der Waals surface area contributed by atoms with Gasteiger partial charge in [0.2, 0.25) is 0 Å². The van der Waals surface area contributed by atoms with E-state index in [4.69, 9.17) is 4.74 Å². The first-order chi connectivity index (χ1) is 9.93. The van der Waals surface area contributed by atoms with Gasteiger partial charge in [0.15, 0.2) is 5.78 Å². The van der Waals surface area contributed by atoms with Crippen molar-refractivity contribution in [1.29, 1.82) is 0 Å². The molecule has 5 heteroatoms. The predicted octanol–water partition coefficient (Wildman–Crippen LogP) is 2.25. The molecule has 116 valence electrons. The molecular weight excluding hydrogens is 273 g/mol. The first kappa shape index (κ1) is 15.9. The Bertz CT molecular complexity index is 512. The highest BCUT2D eigenvalue weighted by atomic mass is 19.1. The molecular formula is C16H22FNO3. The third-order valence-electron chi connectivity index (χ3n) is 3.97. The van der Waals surface area contributed by atoms with E-state index in [1.54, 1.807) is 11.9 Å². The van der Waals surface area contributed by atoms with Crippen LogP contribution in [0.15, 0.2) is 18.2 Å². The molecule has 1 aliphatic carbocycles. The van der Waals surface area contributed by atoms with Gasteiger partial charge in [0.05, 0.1) is 24.8 Å². The molecule has 1 saturated carbocycles. The number of carbonyl (C=O) groups is 1. The minimum atomic E-state index is -0.693. The number of likely N-dealkylation sites (N-methyl/N-ethyl adjacent to an activating group) is 1. The molecule has 1 aliphatic rings. The quantitative estimate of drug-likeness (QED) is 0.818. The standard InChI is InChI=1S/C16H22FNO3/c1-18(11-16(20)7-3-4-8-16)10-14(19)13-9-12(17)5-6-15(13)21-2/h5-6,9,20H,3-4,7-8,10-11H2,1-2H3. The average Bonchev–Trinajstić information content (AvgIpc) is 2.84. The van der Waals surface area contributed by atoms with Crippen LogP contribution in [0.3, 0.4) is 0 Å². The van der Waals surface area contributed by atoms with Crippen LogP contribution in [-0.4, -0.2) is 48.6 Å². The summed E-state index contributed by atoms with van der Waals surface area (Å²) in [6.07, 6.45) is 3.59. The zero-order valence-corrected chi connectivity index (χ0v) is 12.6. The van der Waals surface area contributed by atoms with Crippen molar-refractivity contribution in [2.45, 2.75) is 31.3 Å². The van der Waals surface area contributed by atoms with E-state index in [-0.39, 0.29) is 17.9 Å². The Kier molecular flexibility index (Phi) is 4.96. The van der Waals surface area contributed by atoms with Gasteiger partial charge in [-0.1, -0.05) is 12.8 Å². The molecule has 2 rings (SSSR count). The molecule has 0 heterocycles. The summed E-state index contributed by atoms with van der Waals surface area (Å²) < 4.78 is 18.4. The van der Waals surface area contributed by atoms with Gasteiger partial charge in [-0.25, -0.2) is 4.39 Å². The number of methoxy groups -OCH3 is 1. The van der Waals surface area contributed by atoms with Gasteiger partial charge in [-0.2, -0.15) is 0 Å².